The van der Waals surface area contributed by atoms with Gasteiger partial charge in [-0.05, 0) is 36.5 Å². The van der Waals surface area contributed by atoms with E-state index in [2.05, 4.69) is 26.0 Å². The number of hydrogen-bond acceptors (Lipinski definition) is 1. The lowest BCUT2D eigenvalue weighted by Crippen LogP contribution is -2.08. The van der Waals surface area contributed by atoms with Gasteiger partial charge in [-0.2, -0.15) is 0 Å². The second-order valence-corrected chi connectivity index (χ2v) is 5.75. The summed E-state index contributed by atoms with van der Waals surface area (Å²) in [5, 5.41) is 9.36. The van der Waals surface area contributed by atoms with E-state index in [1.54, 1.807) is 6.07 Å². The molecule has 104 valence electrons. The number of rotatable bonds is 4. The van der Waals surface area contributed by atoms with Crippen LogP contribution in [0.5, 0.6) is 0 Å². The first-order valence-corrected chi connectivity index (χ1v) is 7.13. The van der Waals surface area contributed by atoms with Gasteiger partial charge in [0.2, 0.25) is 0 Å². The van der Waals surface area contributed by atoms with Crippen molar-refractivity contribution in [3.63, 3.8) is 0 Å². The molecular formula is C17H19NO2. The molecule has 2 aromatic rings. The van der Waals surface area contributed by atoms with Gasteiger partial charge >= 0.3 is 5.97 Å². The normalized spacial score (nSPS) is 14.8. The fourth-order valence-corrected chi connectivity index (χ4v) is 2.80. The van der Waals surface area contributed by atoms with E-state index >= 15 is 0 Å². The molecule has 1 heterocycles. The average molecular weight is 269 g/mol. The van der Waals surface area contributed by atoms with Crippen LogP contribution in [-0.4, -0.2) is 15.6 Å². The number of aromatic carboxylic acids is 1. The molecule has 3 heteroatoms. The molecule has 0 aliphatic heterocycles. The fourth-order valence-electron chi connectivity index (χ4n) is 2.80. The summed E-state index contributed by atoms with van der Waals surface area (Å²) >= 11 is 0. The van der Waals surface area contributed by atoms with Crippen LogP contribution in [0, 0.1) is 0 Å². The summed E-state index contributed by atoms with van der Waals surface area (Å²) in [7, 11) is 0. The van der Waals surface area contributed by atoms with Gasteiger partial charge in [-0.25, -0.2) is 4.79 Å². The van der Waals surface area contributed by atoms with E-state index in [9.17, 15) is 9.90 Å². The minimum Gasteiger partial charge on any atom is -0.477 e. The lowest BCUT2D eigenvalue weighted by Gasteiger charge is -2.16. The fraction of sp³-hybridized carbons (Fsp3) is 0.353. The third-order valence-corrected chi connectivity index (χ3v) is 3.91. The molecule has 1 aliphatic carbocycles. The Labute approximate surface area is 118 Å². The van der Waals surface area contributed by atoms with Crippen molar-refractivity contribution in [1.29, 1.82) is 0 Å². The minimum atomic E-state index is -0.842. The van der Waals surface area contributed by atoms with Crippen molar-refractivity contribution in [2.45, 2.75) is 38.6 Å². The van der Waals surface area contributed by atoms with Crippen LogP contribution in [0.3, 0.4) is 0 Å². The van der Waals surface area contributed by atoms with Crippen LogP contribution in [0.25, 0.3) is 11.3 Å². The molecule has 1 aliphatic rings. The quantitative estimate of drug-likeness (QED) is 0.898. The highest BCUT2D eigenvalue weighted by atomic mass is 16.4. The SMILES string of the molecule is CC(C)c1ccccc1-c1ccc(C(=O)O)n1C1CC1. The van der Waals surface area contributed by atoms with E-state index < -0.39 is 5.97 Å². The molecule has 20 heavy (non-hydrogen) atoms. The Morgan fingerprint density at radius 2 is 1.90 bits per heavy atom. The Balaban J connectivity index is 2.18. The van der Waals surface area contributed by atoms with Crippen LogP contribution < -0.4 is 0 Å². The van der Waals surface area contributed by atoms with Crippen molar-refractivity contribution < 1.29 is 9.90 Å². The van der Waals surface area contributed by atoms with Crippen LogP contribution in [0.15, 0.2) is 36.4 Å². The molecule has 3 nitrogen and oxygen atoms in total. The Kier molecular flexibility index (Phi) is 3.13. The van der Waals surface area contributed by atoms with Gasteiger partial charge in [-0.15, -0.1) is 0 Å². The highest BCUT2D eigenvalue weighted by Crippen LogP contribution is 2.41. The van der Waals surface area contributed by atoms with Crippen LogP contribution in [0.1, 0.15) is 54.7 Å². The Hall–Kier alpha value is -2.03. The van der Waals surface area contributed by atoms with Gasteiger partial charge in [-0.1, -0.05) is 38.1 Å². The molecule has 1 aromatic heterocycles. The standard InChI is InChI=1S/C17H19NO2/c1-11(2)13-5-3-4-6-14(13)15-9-10-16(17(19)20)18(15)12-7-8-12/h3-6,9-12H,7-8H2,1-2H3,(H,19,20). The van der Waals surface area contributed by atoms with E-state index in [-0.39, 0.29) is 0 Å². The molecule has 0 saturated heterocycles. The zero-order valence-electron chi connectivity index (χ0n) is 11.8. The largest absolute Gasteiger partial charge is 0.477 e. The van der Waals surface area contributed by atoms with E-state index in [1.165, 1.54) is 5.56 Å². The number of carboxylic acids is 1. The number of benzene rings is 1. The van der Waals surface area contributed by atoms with Crippen molar-refractivity contribution in [1.82, 2.24) is 4.57 Å². The number of nitrogens with zero attached hydrogens (tertiary/aromatic N) is 1. The summed E-state index contributed by atoms with van der Waals surface area (Å²) in [4.78, 5) is 11.4. The van der Waals surface area contributed by atoms with Crippen molar-refractivity contribution >= 4 is 5.97 Å². The lowest BCUT2D eigenvalue weighted by molar-refractivity contribution is 0.0685. The molecular weight excluding hydrogens is 250 g/mol. The van der Waals surface area contributed by atoms with Crippen molar-refractivity contribution in [3.8, 4) is 11.3 Å². The van der Waals surface area contributed by atoms with Gasteiger partial charge in [0, 0.05) is 17.3 Å². The monoisotopic (exact) mass is 269 g/mol. The predicted octanol–water partition coefficient (Wildman–Crippen LogP) is 4.31. The first kappa shape index (κ1) is 13.0. The first-order chi connectivity index (χ1) is 9.59. The Morgan fingerprint density at radius 3 is 2.50 bits per heavy atom. The van der Waals surface area contributed by atoms with Crippen LogP contribution in [0.4, 0.5) is 0 Å². The average Bonchev–Trinajstić information content (AvgIpc) is 3.16. The van der Waals surface area contributed by atoms with E-state index in [0.717, 1.165) is 24.1 Å². The molecule has 1 N–H and O–H groups in total. The highest BCUT2D eigenvalue weighted by Gasteiger charge is 2.30. The zero-order chi connectivity index (χ0) is 14.3. The van der Waals surface area contributed by atoms with Gasteiger partial charge in [0.05, 0.1) is 0 Å². The summed E-state index contributed by atoms with van der Waals surface area (Å²) in [5.41, 5.74) is 3.86. The number of carbonyl (C=O) groups is 1. The Bertz CT molecular complexity index is 651. The summed E-state index contributed by atoms with van der Waals surface area (Å²) in [5.74, 6) is -0.424. The number of hydrogen-bond donors (Lipinski definition) is 1. The molecule has 3 rings (SSSR count). The molecule has 0 radical (unpaired) electrons. The highest BCUT2D eigenvalue weighted by molar-refractivity contribution is 5.88. The van der Waals surface area contributed by atoms with Crippen molar-refractivity contribution in [2.75, 3.05) is 0 Å². The van der Waals surface area contributed by atoms with E-state index in [4.69, 9.17) is 0 Å². The summed E-state index contributed by atoms with van der Waals surface area (Å²) in [6, 6.07) is 12.3. The van der Waals surface area contributed by atoms with Crippen LogP contribution in [0.2, 0.25) is 0 Å². The van der Waals surface area contributed by atoms with Gasteiger partial charge in [0.1, 0.15) is 5.69 Å². The van der Waals surface area contributed by atoms with E-state index in [1.807, 2.05) is 22.8 Å². The van der Waals surface area contributed by atoms with E-state index in [0.29, 0.717) is 17.7 Å². The van der Waals surface area contributed by atoms with Gasteiger partial charge in [0.15, 0.2) is 0 Å². The Morgan fingerprint density at radius 1 is 1.20 bits per heavy atom. The smallest absolute Gasteiger partial charge is 0.352 e. The predicted molar refractivity (Wildman–Crippen MR) is 79.2 cm³/mol. The third kappa shape index (κ3) is 2.13. The number of carboxylic acid groups (broad SMARTS) is 1. The molecule has 1 saturated carbocycles. The second kappa shape index (κ2) is 4.82. The first-order valence-electron chi connectivity index (χ1n) is 7.13. The maximum atomic E-state index is 11.4. The summed E-state index contributed by atoms with van der Waals surface area (Å²) in [6.07, 6.45) is 2.15. The molecule has 1 fully saturated rings. The lowest BCUT2D eigenvalue weighted by atomic mass is 9.95. The minimum absolute atomic E-state index is 0.353. The maximum Gasteiger partial charge on any atom is 0.352 e. The topological polar surface area (TPSA) is 42.2 Å². The summed E-state index contributed by atoms with van der Waals surface area (Å²) in [6.45, 7) is 4.34. The van der Waals surface area contributed by atoms with Crippen molar-refractivity contribution in [2.24, 2.45) is 0 Å². The third-order valence-electron chi connectivity index (χ3n) is 3.91. The molecule has 1 aromatic carbocycles. The molecule has 0 spiro atoms. The van der Waals surface area contributed by atoms with Gasteiger partial charge in [-0.3, -0.25) is 0 Å². The van der Waals surface area contributed by atoms with Gasteiger partial charge < -0.3 is 9.67 Å². The van der Waals surface area contributed by atoms with Crippen LogP contribution in [-0.2, 0) is 0 Å². The molecule has 0 amide bonds. The molecule has 0 unspecified atom stereocenters. The van der Waals surface area contributed by atoms with Crippen LogP contribution >= 0.6 is 0 Å². The van der Waals surface area contributed by atoms with Gasteiger partial charge in [0.25, 0.3) is 0 Å². The molecule has 0 bridgehead atoms. The second-order valence-electron chi connectivity index (χ2n) is 5.75. The number of aromatic nitrogens is 1. The van der Waals surface area contributed by atoms with Crippen molar-refractivity contribution in [3.05, 3.63) is 47.7 Å². The maximum absolute atomic E-state index is 11.4. The molecule has 0 atom stereocenters. The summed E-state index contributed by atoms with van der Waals surface area (Å²) < 4.78 is 2.00. The zero-order valence-corrected chi connectivity index (χ0v) is 11.8.